The van der Waals surface area contributed by atoms with E-state index in [9.17, 15) is 0 Å². The molecular formula is C8H12. The van der Waals surface area contributed by atoms with E-state index < -0.39 is 0 Å². The van der Waals surface area contributed by atoms with Crippen molar-refractivity contribution in [2.45, 2.75) is 25.7 Å². The molecular weight excluding hydrogens is 96.1 g/mol. The normalized spacial score (nSPS) is 66.0. The summed E-state index contributed by atoms with van der Waals surface area (Å²) in [4.78, 5) is 0. The van der Waals surface area contributed by atoms with Crippen molar-refractivity contribution in [3.63, 3.8) is 0 Å². The van der Waals surface area contributed by atoms with Crippen molar-refractivity contribution in [1.29, 1.82) is 0 Å². The van der Waals surface area contributed by atoms with Crippen molar-refractivity contribution in [2.24, 2.45) is 23.7 Å². The molecule has 3 rings (SSSR count). The van der Waals surface area contributed by atoms with Crippen molar-refractivity contribution < 1.29 is 0 Å². The van der Waals surface area contributed by atoms with Crippen molar-refractivity contribution in [3.05, 3.63) is 0 Å². The van der Waals surface area contributed by atoms with Crippen LogP contribution in [0.1, 0.15) is 25.7 Å². The smallest absolute Gasteiger partial charge is 0.0380 e. The van der Waals surface area contributed by atoms with Gasteiger partial charge in [0.25, 0.3) is 0 Å². The van der Waals surface area contributed by atoms with Gasteiger partial charge in [-0.2, -0.15) is 0 Å². The van der Waals surface area contributed by atoms with E-state index in [1.54, 1.807) is 25.7 Å². The van der Waals surface area contributed by atoms with Gasteiger partial charge in [0.2, 0.25) is 0 Å². The minimum absolute atomic E-state index is 1.22. The lowest BCUT2D eigenvalue weighted by Gasteiger charge is -2.04. The Hall–Kier alpha value is 0. The zero-order valence-corrected chi connectivity index (χ0v) is 5.14. The van der Waals surface area contributed by atoms with E-state index in [0.29, 0.717) is 0 Å². The molecule has 0 bridgehead atoms. The lowest BCUT2D eigenvalue weighted by atomic mass is 10.0. The first-order chi connectivity index (χ1) is 3.93. The predicted octanol–water partition coefficient (Wildman–Crippen LogP) is 2.05. The Bertz CT molecular complexity index is 100. The van der Waals surface area contributed by atoms with Crippen molar-refractivity contribution >= 4 is 0 Å². The van der Waals surface area contributed by atoms with Crippen LogP contribution in [0.5, 0.6) is 0 Å². The Morgan fingerprint density at radius 1 is 0.500 bits per heavy atom. The molecule has 0 atom stereocenters. The summed E-state index contributed by atoms with van der Waals surface area (Å²) in [6.07, 6.45) is 6.45. The quantitative estimate of drug-likeness (QED) is 0.445. The van der Waals surface area contributed by atoms with E-state index in [-0.39, 0.29) is 0 Å². The van der Waals surface area contributed by atoms with E-state index in [4.69, 9.17) is 0 Å². The summed E-state index contributed by atoms with van der Waals surface area (Å²) in [6.45, 7) is 0. The first-order valence-corrected chi connectivity index (χ1v) is 3.93. The molecule has 3 aliphatic rings. The SMILES string of the molecule is C1[C@H]2C[C@H]3C[C@H]3C[C@@H]12. The van der Waals surface area contributed by atoms with Gasteiger partial charge in [0.05, 0.1) is 0 Å². The maximum atomic E-state index is 1.62. The van der Waals surface area contributed by atoms with E-state index >= 15 is 0 Å². The summed E-state index contributed by atoms with van der Waals surface area (Å²) in [5.41, 5.74) is 0. The molecule has 0 aromatic heterocycles. The standard InChI is InChI=1S/C8H12/c1-5-3-7-2-8(7)4-6(1)5/h5-8H,1-4H2/t5-,6+,7+,8-. The molecule has 8 heavy (non-hydrogen) atoms. The van der Waals surface area contributed by atoms with Gasteiger partial charge in [0, 0.05) is 0 Å². The fraction of sp³-hybridized carbons (Fsp3) is 1.00. The van der Waals surface area contributed by atoms with Crippen LogP contribution in [-0.2, 0) is 0 Å². The minimum atomic E-state index is 1.22. The van der Waals surface area contributed by atoms with Crippen molar-refractivity contribution in [1.82, 2.24) is 0 Å². The molecule has 44 valence electrons. The van der Waals surface area contributed by atoms with Crippen molar-refractivity contribution in [2.75, 3.05) is 0 Å². The van der Waals surface area contributed by atoms with Crippen LogP contribution in [0.2, 0.25) is 0 Å². The highest BCUT2D eigenvalue weighted by molar-refractivity contribution is 5.03. The van der Waals surface area contributed by atoms with Gasteiger partial charge in [-0.1, -0.05) is 0 Å². The third kappa shape index (κ3) is 0.375. The molecule has 0 aliphatic heterocycles. The highest BCUT2D eigenvalue weighted by atomic mass is 14.6. The first kappa shape index (κ1) is 3.92. The molecule has 0 aromatic carbocycles. The van der Waals surface area contributed by atoms with Crippen molar-refractivity contribution in [3.8, 4) is 0 Å². The average molecular weight is 108 g/mol. The number of fused-ring (bicyclic) bond motifs is 2. The van der Waals surface area contributed by atoms with Crippen LogP contribution in [0.15, 0.2) is 0 Å². The van der Waals surface area contributed by atoms with Crippen LogP contribution in [0.3, 0.4) is 0 Å². The Kier molecular flexibility index (Phi) is 0.482. The van der Waals surface area contributed by atoms with Crippen LogP contribution >= 0.6 is 0 Å². The fourth-order valence-corrected chi connectivity index (χ4v) is 2.55. The highest BCUT2D eigenvalue weighted by Gasteiger charge is 2.52. The molecule has 0 spiro atoms. The molecule has 3 saturated carbocycles. The summed E-state index contributed by atoms with van der Waals surface area (Å²) in [5.74, 6) is 4.88. The van der Waals surface area contributed by atoms with Gasteiger partial charge in [-0.05, 0) is 49.4 Å². The molecule has 0 unspecified atom stereocenters. The number of rotatable bonds is 0. The van der Waals surface area contributed by atoms with Gasteiger partial charge in [0.1, 0.15) is 0 Å². The molecule has 3 aliphatic carbocycles. The minimum Gasteiger partial charge on any atom is -0.0470 e. The molecule has 3 fully saturated rings. The molecule has 0 aromatic rings. The summed E-state index contributed by atoms with van der Waals surface area (Å²) < 4.78 is 0. The summed E-state index contributed by atoms with van der Waals surface area (Å²) in [7, 11) is 0. The zero-order valence-electron chi connectivity index (χ0n) is 5.14. The topological polar surface area (TPSA) is 0 Å². The van der Waals surface area contributed by atoms with Crippen LogP contribution in [0.4, 0.5) is 0 Å². The van der Waals surface area contributed by atoms with E-state index in [2.05, 4.69) is 0 Å². The Morgan fingerprint density at radius 3 is 1.00 bits per heavy atom. The maximum absolute atomic E-state index is 1.62. The zero-order chi connectivity index (χ0) is 5.14. The van der Waals surface area contributed by atoms with Crippen LogP contribution in [0.25, 0.3) is 0 Å². The van der Waals surface area contributed by atoms with Gasteiger partial charge < -0.3 is 0 Å². The second kappa shape index (κ2) is 0.984. The Morgan fingerprint density at radius 2 is 0.750 bits per heavy atom. The van der Waals surface area contributed by atoms with E-state index in [1.807, 2.05) is 0 Å². The largest absolute Gasteiger partial charge is 0.0470 e. The Labute approximate surface area is 50.3 Å². The molecule has 0 N–H and O–H groups in total. The maximum Gasteiger partial charge on any atom is -0.0380 e. The van der Waals surface area contributed by atoms with Crippen LogP contribution < -0.4 is 0 Å². The second-order valence-electron chi connectivity index (χ2n) is 3.98. The first-order valence-electron chi connectivity index (χ1n) is 3.93. The number of hydrogen-bond acceptors (Lipinski definition) is 0. The van der Waals surface area contributed by atoms with Gasteiger partial charge in [-0.25, -0.2) is 0 Å². The van der Waals surface area contributed by atoms with Gasteiger partial charge >= 0.3 is 0 Å². The fourth-order valence-electron chi connectivity index (χ4n) is 2.55. The summed E-state index contributed by atoms with van der Waals surface area (Å²) in [5, 5.41) is 0. The van der Waals surface area contributed by atoms with Gasteiger partial charge in [0.15, 0.2) is 0 Å². The molecule has 0 amide bonds. The Balaban J connectivity index is 1.85. The molecule has 0 radical (unpaired) electrons. The molecule has 0 nitrogen and oxygen atoms in total. The van der Waals surface area contributed by atoms with Gasteiger partial charge in [-0.3, -0.25) is 0 Å². The highest BCUT2D eigenvalue weighted by Crippen LogP contribution is 2.62. The molecule has 0 heterocycles. The van der Waals surface area contributed by atoms with Gasteiger partial charge in [-0.15, -0.1) is 0 Å². The monoisotopic (exact) mass is 108 g/mol. The lowest BCUT2D eigenvalue weighted by Crippen LogP contribution is -1.95. The van der Waals surface area contributed by atoms with E-state index in [1.165, 1.54) is 23.7 Å². The summed E-state index contributed by atoms with van der Waals surface area (Å²) in [6, 6.07) is 0. The third-order valence-corrected chi connectivity index (χ3v) is 3.35. The predicted molar refractivity (Wildman–Crippen MR) is 32.4 cm³/mol. The molecule has 0 heteroatoms. The second-order valence-corrected chi connectivity index (χ2v) is 3.98. The average Bonchev–Trinajstić information content (AvgIpc) is 2.45. The van der Waals surface area contributed by atoms with Crippen LogP contribution in [0, 0.1) is 23.7 Å². The van der Waals surface area contributed by atoms with Crippen LogP contribution in [-0.4, -0.2) is 0 Å². The summed E-state index contributed by atoms with van der Waals surface area (Å²) >= 11 is 0. The third-order valence-electron chi connectivity index (χ3n) is 3.35. The lowest BCUT2D eigenvalue weighted by molar-refractivity contribution is 0.457. The van der Waals surface area contributed by atoms with E-state index in [0.717, 1.165) is 0 Å². The molecule has 0 saturated heterocycles. The number of hydrogen-bond donors (Lipinski definition) is 0.